The molecule has 1 aliphatic rings. The molecular weight excluding hydrogens is 452 g/mol. The summed E-state index contributed by atoms with van der Waals surface area (Å²) in [6.45, 7) is 1.93. The van der Waals surface area contributed by atoms with Crippen molar-refractivity contribution < 1.29 is 9.53 Å². The van der Waals surface area contributed by atoms with Crippen LogP contribution in [0.4, 0.5) is 11.6 Å². The van der Waals surface area contributed by atoms with Gasteiger partial charge in [0.2, 0.25) is 5.91 Å². The third-order valence-corrected chi connectivity index (χ3v) is 7.03. The molecule has 0 unspecified atom stereocenters. The number of hydrogen-bond acceptors (Lipinski definition) is 6. The largest absolute Gasteiger partial charge is 0.381 e. The van der Waals surface area contributed by atoms with Crippen LogP contribution in [0.25, 0.3) is 5.65 Å². The van der Waals surface area contributed by atoms with E-state index < -0.39 is 0 Å². The number of imidazole rings is 1. The zero-order valence-corrected chi connectivity index (χ0v) is 21.9. The molecule has 1 fully saturated rings. The van der Waals surface area contributed by atoms with Crippen LogP contribution in [0.2, 0.25) is 0 Å². The Hall–Kier alpha value is -2.97. The maximum absolute atomic E-state index is 13.3. The van der Waals surface area contributed by atoms with E-state index in [4.69, 9.17) is 9.72 Å². The Morgan fingerprint density at radius 2 is 1.89 bits per heavy atom. The molecule has 0 bridgehead atoms. The van der Waals surface area contributed by atoms with Gasteiger partial charge in [-0.25, -0.2) is 9.97 Å². The van der Waals surface area contributed by atoms with E-state index in [1.165, 1.54) is 5.56 Å². The smallest absolute Gasteiger partial charge is 0.228 e. The Labute approximate surface area is 214 Å². The van der Waals surface area contributed by atoms with Gasteiger partial charge in [0.15, 0.2) is 5.65 Å². The molecule has 2 N–H and O–H groups in total. The van der Waals surface area contributed by atoms with Gasteiger partial charge < -0.3 is 20.3 Å². The average molecular weight is 493 g/mol. The number of aromatic nitrogens is 3. The Kier molecular flexibility index (Phi) is 9.30. The standard InChI is InChI=1S/C28H40N6O2/c1-33(2)18-8-7-17-29-25-20-34-26(19-30-25)31-24(16-11-21-9-5-4-6-10-21)27(34)32-28(35)22-12-14-23(36-3)15-13-22/h4-6,9-10,19-20,22-23,29H,7-8,11-18H2,1-3H3,(H,32,35). The SMILES string of the molecule is COC1CCC(C(=O)Nc2c(CCc3ccccc3)nc3cnc(NCCCCN(C)C)cn23)CC1. The molecule has 0 atom stereocenters. The van der Waals surface area contributed by atoms with Crippen molar-refractivity contribution in [2.45, 2.75) is 57.5 Å². The van der Waals surface area contributed by atoms with Crippen molar-refractivity contribution in [3.8, 4) is 0 Å². The summed E-state index contributed by atoms with van der Waals surface area (Å²) in [7, 11) is 5.94. The van der Waals surface area contributed by atoms with Crippen molar-refractivity contribution in [2.24, 2.45) is 5.92 Å². The van der Waals surface area contributed by atoms with Gasteiger partial charge in [0.25, 0.3) is 0 Å². The molecule has 1 saturated carbocycles. The summed E-state index contributed by atoms with van der Waals surface area (Å²) in [5.74, 6) is 1.62. The number of carbonyl (C=O) groups is 1. The number of amides is 1. The zero-order chi connectivity index (χ0) is 25.3. The van der Waals surface area contributed by atoms with Crippen LogP contribution >= 0.6 is 0 Å². The number of benzene rings is 1. The van der Waals surface area contributed by atoms with Gasteiger partial charge in [-0.15, -0.1) is 0 Å². The summed E-state index contributed by atoms with van der Waals surface area (Å²) in [6, 6.07) is 10.4. The van der Waals surface area contributed by atoms with Gasteiger partial charge in [-0.2, -0.15) is 0 Å². The molecule has 0 radical (unpaired) electrons. The number of anilines is 2. The average Bonchev–Trinajstić information content (AvgIpc) is 3.24. The van der Waals surface area contributed by atoms with Gasteiger partial charge in [0.1, 0.15) is 11.6 Å². The highest BCUT2D eigenvalue weighted by Gasteiger charge is 2.27. The number of ether oxygens (including phenoxy) is 1. The van der Waals surface area contributed by atoms with E-state index in [-0.39, 0.29) is 17.9 Å². The predicted octanol–water partition coefficient (Wildman–Crippen LogP) is 4.41. The number of unbranched alkanes of at least 4 members (excludes halogenated alkanes) is 1. The molecule has 1 aromatic carbocycles. The van der Waals surface area contributed by atoms with Crippen LogP contribution < -0.4 is 10.6 Å². The number of nitrogens with zero attached hydrogens (tertiary/aromatic N) is 4. The van der Waals surface area contributed by atoms with Crippen LogP contribution in [0.1, 0.15) is 49.8 Å². The maximum atomic E-state index is 13.3. The first-order valence-electron chi connectivity index (χ1n) is 13.2. The summed E-state index contributed by atoms with van der Waals surface area (Å²) in [5.41, 5.74) is 2.89. The first kappa shape index (κ1) is 26.1. The van der Waals surface area contributed by atoms with E-state index in [0.29, 0.717) is 0 Å². The number of aryl methyl sites for hydroxylation is 2. The highest BCUT2D eigenvalue weighted by atomic mass is 16.5. The molecule has 0 spiro atoms. The third kappa shape index (κ3) is 7.04. The van der Waals surface area contributed by atoms with Crippen molar-refractivity contribution in [3.05, 3.63) is 54.0 Å². The Balaban J connectivity index is 1.51. The topological polar surface area (TPSA) is 83.8 Å². The number of fused-ring (bicyclic) bond motifs is 1. The van der Waals surface area contributed by atoms with Gasteiger partial charge in [-0.3, -0.25) is 9.20 Å². The highest BCUT2D eigenvalue weighted by molar-refractivity contribution is 5.93. The molecule has 3 aromatic rings. The van der Waals surface area contributed by atoms with Gasteiger partial charge in [0.05, 0.1) is 24.2 Å². The number of rotatable bonds is 12. The fourth-order valence-corrected chi connectivity index (χ4v) is 4.86. The molecule has 8 nitrogen and oxygen atoms in total. The quantitative estimate of drug-likeness (QED) is 0.364. The van der Waals surface area contributed by atoms with Crippen LogP contribution in [0.5, 0.6) is 0 Å². The van der Waals surface area contributed by atoms with Gasteiger partial charge in [-0.05, 0) is 77.6 Å². The van der Waals surface area contributed by atoms with Crippen molar-refractivity contribution >= 4 is 23.2 Å². The molecule has 2 heterocycles. The second-order valence-corrected chi connectivity index (χ2v) is 10.0. The molecule has 2 aromatic heterocycles. The Bertz CT molecular complexity index is 1110. The lowest BCUT2D eigenvalue weighted by molar-refractivity contribution is -0.121. The molecule has 8 heteroatoms. The van der Waals surface area contributed by atoms with Crippen molar-refractivity contribution in [1.29, 1.82) is 0 Å². The number of carbonyl (C=O) groups excluding carboxylic acids is 1. The molecule has 194 valence electrons. The van der Waals surface area contributed by atoms with E-state index in [1.54, 1.807) is 13.3 Å². The third-order valence-electron chi connectivity index (χ3n) is 7.03. The minimum atomic E-state index is 0.0000490. The second kappa shape index (κ2) is 12.8. The lowest BCUT2D eigenvalue weighted by Gasteiger charge is -2.26. The van der Waals surface area contributed by atoms with Crippen molar-refractivity contribution in [3.63, 3.8) is 0 Å². The first-order valence-corrected chi connectivity index (χ1v) is 13.2. The summed E-state index contributed by atoms with van der Waals surface area (Å²) in [5, 5.41) is 6.68. The summed E-state index contributed by atoms with van der Waals surface area (Å²) in [4.78, 5) is 24.9. The summed E-state index contributed by atoms with van der Waals surface area (Å²) >= 11 is 0. The van der Waals surface area contributed by atoms with Crippen molar-refractivity contribution in [2.75, 3.05) is 44.9 Å². The highest BCUT2D eigenvalue weighted by Crippen LogP contribution is 2.28. The van der Waals surface area contributed by atoms with E-state index in [9.17, 15) is 4.79 Å². The monoisotopic (exact) mass is 492 g/mol. The summed E-state index contributed by atoms with van der Waals surface area (Å²) < 4.78 is 7.47. The Morgan fingerprint density at radius 3 is 2.61 bits per heavy atom. The minimum Gasteiger partial charge on any atom is -0.381 e. The predicted molar refractivity (Wildman–Crippen MR) is 144 cm³/mol. The first-order chi connectivity index (χ1) is 17.5. The number of nitrogens with one attached hydrogen (secondary N) is 2. The Morgan fingerprint density at radius 1 is 1.11 bits per heavy atom. The van der Waals surface area contributed by atoms with Crippen molar-refractivity contribution in [1.82, 2.24) is 19.3 Å². The lowest BCUT2D eigenvalue weighted by Crippen LogP contribution is -2.30. The normalized spacial score (nSPS) is 18.0. The van der Waals surface area contributed by atoms with Gasteiger partial charge in [0, 0.05) is 19.6 Å². The molecule has 0 aliphatic heterocycles. The molecule has 0 saturated heterocycles. The van der Waals surface area contributed by atoms with Crippen LogP contribution in [-0.4, -0.2) is 65.6 Å². The number of hydrogen-bond donors (Lipinski definition) is 2. The molecule has 1 aliphatic carbocycles. The number of methoxy groups -OCH3 is 1. The fourth-order valence-electron chi connectivity index (χ4n) is 4.86. The van der Waals surface area contributed by atoms with Gasteiger partial charge >= 0.3 is 0 Å². The molecular formula is C28H40N6O2. The lowest BCUT2D eigenvalue weighted by atomic mass is 9.87. The minimum absolute atomic E-state index is 0.0000490. The van der Waals surface area contributed by atoms with E-state index >= 15 is 0 Å². The second-order valence-electron chi connectivity index (χ2n) is 10.0. The maximum Gasteiger partial charge on any atom is 0.228 e. The van der Waals surface area contributed by atoms with Crippen LogP contribution in [0.15, 0.2) is 42.7 Å². The fraction of sp³-hybridized carbons (Fsp3) is 0.536. The molecule has 1 amide bonds. The molecule has 36 heavy (non-hydrogen) atoms. The summed E-state index contributed by atoms with van der Waals surface area (Å²) in [6.07, 6.45) is 11.4. The van der Waals surface area contributed by atoms with Crippen LogP contribution in [0.3, 0.4) is 0 Å². The van der Waals surface area contributed by atoms with E-state index in [0.717, 1.165) is 87.4 Å². The van der Waals surface area contributed by atoms with Crippen LogP contribution in [-0.2, 0) is 22.4 Å². The van der Waals surface area contributed by atoms with E-state index in [2.05, 4.69) is 58.9 Å². The van der Waals surface area contributed by atoms with Gasteiger partial charge in [-0.1, -0.05) is 30.3 Å². The van der Waals surface area contributed by atoms with Crippen LogP contribution in [0, 0.1) is 5.92 Å². The molecule has 4 rings (SSSR count). The zero-order valence-electron chi connectivity index (χ0n) is 21.9. The van der Waals surface area contributed by atoms with E-state index in [1.807, 2.05) is 16.7 Å².